The molecule has 18 heavy (non-hydrogen) atoms. The molecule has 1 aliphatic rings. The highest BCUT2D eigenvalue weighted by Crippen LogP contribution is 2.31. The smallest absolute Gasteiger partial charge is 0.166 e. The van der Waals surface area contributed by atoms with Crippen LogP contribution in [0.2, 0.25) is 0 Å². The molecule has 1 saturated carbocycles. The molecule has 1 aromatic rings. The molecule has 98 valence electrons. The minimum Gasteiger partial charge on any atom is -0.493 e. The van der Waals surface area contributed by atoms with Gasteiger partial charge in [0, 0.05) is 18.2 Å². The Labute approximate surface area is 109 Å². The Morgan fingerprint density at radius 2 is 2.22 bits per heavy atom. The van der Waals surface area contributed by atoms with Crippen LogP contribution in [0.15, 0.2) is 30.4 Å². The van der Waals surface area contributed by atoms with Gasteiger partial charge in [0.2, 0.25) is 0 Å². The second-order valence-corrected chi connectivity index (χ2v) is 4.48. The van der Waals surface area contributed by atoms with Gasteiger partial charge in [0.1, 0.15) is 6.61 Å². The van der Waals surface area contributed by atoms with Crippen LogP contribution < -0.4 is 14.8 Å². The van der Waals surface area contributed by atoms with E-state index in [1.807, 2.05) is 31.2 Å². The molecule has 1 N–H and O–H groups in total. The van der Waals surface area contributed by atoms with Crippen molar-refractivity contribution in [1.29, 1.82) is 0 Å². The van der Waals surface area contributed by atoms with Crippen LogP contribution in [0.1, 0.15) is 25.3 Å². The lowest BCUT2D eigenvalue weighted by molar-refractivity contribution is 0.322. The monoisotopic (exact) mass is 247 g/mol. The summed E-state index contributed by atoms with van der Waals surface area (Å²) in [5.74, 6) is 1.65. The van der Waals surface area contributed by atoms with Gasteiger partial charge in [-0.25, -0.2) is 0 Å². The van der Waals surface area contributed by atoms with E-state index in [0.29, 0.717) is 12.6 Å². The Hall–Kier alpha value is -1.48. The quantitative estimate of drug-likeness (QED) is 0.751. The van der Waals surface area contributed by atoms with E-state index < -0.39 is 0 Å². The van der Waals surface area contributed by atoms with Crippen molar-refractivity contribution in [2.45, 2.75) is 32.4 Å². The van der Waals surface area contributed by atoms with Gasteiger partial charge in [-0.15, -0.1) is 0 Å². The number of nitrogens with one attached hydrogen (secondary N) is 1. The highest BCUT2D eigenvalue weighted by atomic mass is 16.5. The van der Waals surface area contributed by atoms with Crippen molar-refractivity contribution in [1.82, 2.24) is 5.32 Å². The van der Waals surface area contributed by atoms with Crippen molar-refractivity contribution in [2.75, 3.05) is 13.7 Å². The van der Waals surface area contributed by atoms with Crippen LogP contribution in [0.3, 0.4) is 0 Å². The molecule has 1 fully saturated rings. The molecule has 0 saturated heterocycles. The minimum absolute atomic E-state index is 0.577. The largest absolute Gasteiger partial charge is 0.493 e. The van der Waals surface area contributed by atoms with Crippen LogP contribution in [0, 0.1) is 0 Å². The summed E-state index contributed by atoms with van der Waals surface area (Å²) >= 11 is 0. The Balaban J connectivity index is 2.08. The first kappa shape index (κ1) is 13.0. The number of hydrogen-bond donors (Lipinski definition) is 1. The van der Waals surface area contributed by atoms with Crippen LogP contribution in [-0.4, -0.2) is 19.8 Å². The number of para-hydroxylation sites is 1. The maximum Gasteiger partial charge on any atom is 0.166 e. The Bertz CT molecular complexity index is 411. The molecule has 3 heteroatoms. The summed E-state index contributed by atoms with van der Waals surface area (Å²) in [6.07, 6.45) is 6.56. The van der Waals surface area contributed by atoms with E-state index >= 15 is 0 Å². The minimum atomic E-state index is 0.577. The number of hydrogen-bond acceptors (Lipinski definition) is 3. The van der Waals surface area contributed by atoms with E-state index in [4.69, 9.17) is 9.47 Å². The van der Waals surface area contributed by atoms with E-state index in [2.05, 4.69) is 11.4 Å². The van der Waals surface area contributed by atoms with Gasteiger partial charge in [-0.05, 0) is 25.8 Å². The lowest BCUT2D eigenvalue weighted by atomic mass is 10.2. The van der Waals surface area contributed by atoms with E-state index in [-0.39, 0.29) is 0 Å². The Morgan fingerprint density at radius 3 is 2.89 bits per heavy atom. The molecule has 0 aliphatic heterocycles. The summed E-state index contributed by atoms with van der Waals surface area (Å²) in [5.41, 5.74) is 1.16. The summed E-state index contributed by atoms with van der Waals surface area (Å²) in [6.45, 7) is 3.40. The van der Waals surface area contributed by atoms with Gasteiger partial charge in [-0.3, -0.25) is 0 Å². The summed E-state index contributed by atoms with van der Waals surface area (Å²) in [7, 11) is 1.68. The first-order valence-electron chi connectivity index (χ1n) is 6.48. The fourth-order valence-electron chi connectivity index (χ4n) is 1.79. The first-order chi connectivity index (χ1) is 8.85. The summed E-state index contributed by atoms with van der Waals surface area (Å²) < 4.78 is 11.2. The molecule has 0 unspecified atom stereocenters. The summed E-state index contributed by atoms with van der Waals surface area (Å²) in [5, 5.41) is 3.50. The number of allylic oxidation sites excluding steroid dienone is 1. The standard InChI is InChI=1S/C15H21NO2/c1-3-4-10-18-15-12(11-16-13-8-9-13)6-5-7-14(15)17-2/h3-7,13,16H,8-11H2,1-2H3/b4-3+. The molecule has 0 aromatic heterocycles. The van der Waals surface area contributed by atoms with E-state index in [9.17, 15) is 0 Å². The third-order valence-electron chi connectivity index (χ3n) is 3.00. The van der Waals surface area contributed by atoms with Crippen molar-refractivity contribution in [3.63, 3.8) is 0 Å². The van der Waals surface area contributed by atoms with Crippen molar-refractivity contribution in [2.24, 2.45) is 0 Å². The van der Waals surface area contributed by atoms with Crippen molar-refractivity contribution >= 4 is 0 Å². The van der Waals surface area contributed by atoms with Crippen molar-refractivity contribution < 1.29 is 9.47 Å². The molecule has 0 amide bonds. The normalized spacial score (nSPS) is 15.0. The van der Waals surface area contributed by atoms with Gasteiger partial charge in [0.05, 0.1) is 7.11 Å². The highest BCUT2D eigenvalue weighted by Gasteiger charge is 2.21. The van der Waals surface area contributed by atoms with Crippen molar-refractivity contribution in [3.8, 4) is 11.5 Å². The van der Waals surface area contributed by atoms with Gasteiger partial charge in [-0.2, -0.15) is 0 Å². The molecule has 3 nitrogen and oxygen atoms in total. The average Bonchev–Trinajstić information content (AvgIpc) is 3.21. The van der Waals surface area contributed by atoms with Gasteiger partial charge in [0.25, 0.3) is 0 Å². The second kappa shape index (κ2) is 6.45. The van der Waals surface area contributed by atoms with Crippen LogP contribution >= 0.6 is 0 Å². The SMILES string of the molecule is C/C=C/COc1c(CNC2CC2)cccc1OC. The van der Waals surface area contributed by atoms with Crippen LogP contribution in [-0.2, 0) is 6.54 Å². The van der Waals surface area contributed by atoms with Gasteiger partial charge < -0.3 is 14.8 Å². The van der Waals surface area contributed by atoms with E-state index in [0.717, 1.165) is 23.6 Å². The number of rotatable bonds is 7. The molecular weight excluding hydrogens is 226 g/mol. The van der Waals surface area contributed by atoms with E-state index in [1.54, 1.807) is 7.11 Å². The molecule has 0 spiro atoms. The van der Waals surface area contributed by atoms with Gasteiger partial charge in [0.15, 0.2) is 11.5 Å². The second-order valence-electron chi connectivity index (χ2n) is 4.48. The third-order valence-corrected chi connectivity index (χ3v) is 3.00. The Kier molecular flexibility index (Phi) is 4.65. The lowest BCUT2D eigenvalue weighted by Gasteiger charge is -2.14. The molecule has 0 atom stereocenters. The highest BCUT2D eigenvalue weighted by molar-refractivity contribution is 5.46. The first-order valence-corrected chi connectivity index (χ1v) is 6.48. The zero-order valence-electron chi connectivity index (χ0n) is 11.1. The van der Waals surface area contributed by atoms with Crippen LogP contribution in [0.25, 0.3) is 0 Å². The van der Waals surface area contributed by atoms with Gasteiger partial charge in [-0.1, -0.05) is 24.3 Å². The fourth-order valence-corrected chi connectivity index (χ4v) is 1.79. The molecule has 1 aliphatic carbocycles. The predicted octanol–water partition coefficient (Wildman–Crippen LogP) is 2.90. The molecule has 0 bridgehead atoms. The maximum atomic E-state index is 5.80. The zero-order valence-corrected chi connectivity index (χ0v) is 11.1. The lowest BCUT2D eigenvalue weighted by Crippen LogP contribution is -2.16. The third kappa shape index (κ3) is 3.50. The average molecular weight is 247 g/mol. The van der Waals surface area contributed by atoms with Crippen LogP contribution in [0.5, 0.6) is 11.5 Å². The molecule has 0 heterocycles. The number of methoxy groups -OCH3 is 1. The number of benzene rings is 1. The van der Waals surface area contributed by atoms with Gasteiger partial charge >= 0.3 is 0 Å². The summed E-state index contributed by atoms with van der Waals surface area (Å²) in [6, 6.07) is 6.72. The number of ether oxygens (including phenoxy) is 2. The maximum absolute atomic E-state index is 5.80. The van der Waals surface area contributed by atoms with E-state index in [1.165, 1.54) is 12.8 Å². The van der Waals surface area contributed by atoms with Crippen molar-refractivity contribution in [3.05, 3.63) is 35.9 Å². The molecular formula is C15H21NO2. The van der Waals surface area contributed by atoms with Crippen LogP contribution in [0.4, 0.5) is 0 Å². The Morgan fingerprint density at radius 1 is 1.39 bits per heavy atom. The predicted molar refractivity (Wildman–Crippen MR) is 73.2 cm³/mol. The fraction of sp³-hybridized carbons (Fsp3) is 0.467. The topological polar surface area (TPSA) is 30.5 Å². The molecule has 0 radical (unpaired) electrons. The summed E-state index contributed by atoms with van der Waals surface area (Å²) in [4.78, 5) is 0. The molecule has 2 rings (SSSR count). The molecule has 1 aromatic carbocycles. The zero-order chi connectivity index (χ0) is 12.8.